The minimum atomic E-state index is 0.359. The summed E-state index contributed by atoms with van der Waals surface area (Å²) in [7, 11) is 1.63. The summed E-state index contributed by atoms with van der Waals surface area (Å²) in [5.41, 5.74) is 7.80. The van der Waals surface area contributed by atoms with E-state index in [-0.39, 0.29) is 0 Å². The van der Waals surface area contributed by atoms with E-state index in [9.17, 15) is 0 Å². The Hall–Kier alpha value is -2.76. The smallest absolute Gasteiger partial charge is 0.213 e. The van der Waals surface area contributed by atoms with Crippen molar-refractivity contribution >= 4 is 11.6 Å². The van der Waals surface area contributed by atoms with Gasteiger partial charge in [-0.25, -0.2) is 9.98 Å². The van der Waals surface area contributed by atoms with Gasteiger partial charge in [-0.1, -0.05) is 0 Å². The number of anilines is 1. The summed E-state index contributed by atoms with van der Waals surface area (Å²) < 4.78 is 10.8. The van der Waals surface area contributed by atoms with Gasteiger partial charge in [0.25, 0.3) is 0 Å². The molecular formula is C18H22N4O2. The molecule has 0 unspecified atom stereocenters. The van der Waals surface area contributed by atoms with Crippen LogP contribution in [0.2, 0.25) is 0 Å². The lowest BCUT2D eigenvalue weighted by atomic mass is 10.2. The fourth-order valence-electron chi connectivity index (χ4n) is 2.15. The molecule has 3 N–H and O–H groups in total. The minimum Gasteiger partial charge on any atom is -0.497 e. The van der Waals surface area contributed by atoms with Gasteiger partial charge in [-0.15, -0.1) is 0 Å². The van der Waals surface area contributed by atoms with Crippen LogP contribution < -0.4 is 20.5 Å². The number of ether oxygens (including phenoxy) is 2. The van der Waals surface area contributed by atoms with Gasteiger partial charge in [0.05, 0.1) is 20.3 Å². The Morgan fingerprint density at radius 3 is 2.79 bits per heavy atom. The van der Waals surface area contributed by atoms with E-state index in [1.807, 2.05) is 36.4 Å². The molecule has 126 valence electrons. The molecule has 24 heavy (non-hydrogen) atoms. The fourth-order valence-corrected chi connectivity index (χ4v) is 2.15. The molecule has 0 bridgehead atoms. The Kier molecular flexibility index (Phi) is 5.15. The van der Waals surface area contributed by atoms with E-state index >= 15 is 0 Å². The summed E-state index contributed by atoms with van der Waals surface area (Å²) in [4.78, 5) is 8.57. The number of hydrogen-bond acceptors (Lipinski definition) is 4. The molecule has 0 atom stereocenters. The quantitative estimate of drug-likeness (QED) is 0.604. The molecule has 1 heterocycles. The lowest BCUT2D eigenvalue weighted by molar-refractivity contribution is 0.288. The molecule has 1 aliphatic rings. The van der Waals surface area contributed by atoms with Gasteiger partial charge < -0.3 is 20.5 Å². The van der Waals surface area contributed by atoms with Crippen molar-refractivity contribution < 1.29 is 9.47 Å². The number of nitrogens with zero attached hydrogens (tertiary/aromatic N) is 2. The Balaban J connectivity index is 1.54. The molecule has 0 saturated heterocycles. The maximum Gasteiger partial charge on any atom is 0.213 e. The number of pyridine rings is 1. The van der Waals surface area contributed by atoms with Crippen LogP contribution in [-0.4, -0.2) is 24.7 Å². The highest BCUT2D eigenvalue weighted by atomic mass is 16.5. The molecule has 0 aliphatic heterocycles. The van der Waals surface area contributed by atoms with Gasteiger partial charge in [0.2, 0.25) is 5.88 Å². The average Bonchev–Trinajstić information content (AvgIpc) is 3.44. The van der Waals surface area contributed by atoms with E-state index in [1.165, 1.54) is 12.8 Å². The maximum atomic E-state index is 5.93. The fraction of sp³-hybridized carbons (Fsp3) is 0.333. The van der Waals surface area contributed by atoms with Crippen molar-refractivity contribution in [1.29, 1.82) is 0 Å². The number of methoxy groups -OCH3 is 1. The Bertz CT molecular complexity index is 696. The molecule has 2 aromatic rings. The monoisotopic (exact) mass is 326 g/mol. The molecule has 1 aromatic heterocycles. The average molecular weight is 326 g/mol. The largest absolute Gasteiger partial charge is 0.497 e. The topological polar surface area (TPSA) is 81.8 Å². The second kappa shape index (κ2) is 7.68. The predicted molar refractivity (Wildman–Crippen MR) is 94.4 cm³/mol. The van der Waals surface area contributed by atoms with Gasteiger partial charge in [-0.05, 0) is 54.7 Å². The van der Waals surface area contributed by atoms with Crippen molar-refractivity contribution in [1.82, 2.24) is 4.98 Å². The lowest BCUT2D eigenvalue weighted by Gasteiger charge is -2.07. The predicted octanol–water partition coefficient (Wildman–Crippen LogP) is 2.81. The number of nitrogens with two attached hydrogens (primary N) is 1. The second-order valence-corrected chi connectivity index (χ2v) is 5.81. The van der Waals surface area contributed by atoms with Crippen LogP contribution in [0, 0.1) is 5.92 Å². The van der Waals surface area contributed by atoms with Gasteiger partial charge in [0.15, 0.2) is 5.96 Å². The molecule has 1 aliphatic carbocycles. The molecule has 0 amide bonds. The van der Waals surface area contributed by atoms with Crippen LogP contribution in [0.4, 0.5) is 5.69 Å². The van der Waals surface area contributed by atoms with Crippen LogP contribution in [-0.2, 0) is 6.54 Å². The van der Waals surface area contributed by atoms with Gasteiger partial charge in [0.1, 0.15) is 5.75 Å². The van der Waals surface area contributed by atoms with Crippen molar-refractivity contribution in [3.8, 4) is 11.6 Å². The van der Waals surface area contributed by atoms with Gasteiger partial charge in [0, 0.05) is 18.0 Å². The van der Waals surface area contributed by atoms with E-state index in [1.54, 1.807) is 13.3 Å². The first kappa shape index (κ1) is 16.1. The summed E-state index contributed by atoms with van der Waals surface area (Å²) in [6.45, 7) is 1.22. The zero-order chi connectivity index (χ0) is 16.8. The zero-order valence-electron chi connectivity index (χ0n) is 13.7. The van der Waals surface area contributed by atoms with Crippen LogP contribution in [0.3, 0.4) is 0 Å². The number of rotatable bonds is 7. The molecule has 1 saturated carbocycles. The van der Waals surface area contributed by atoms with Crippen LogP contribution in [0.25, 0.3) is 0 Å². The summed E-state index contributed by atoms with van der Waals surface area (Å²) >= 11 is 0. The second-order valence-electron chi connectivity index (χ2n) is 5.81. The number of guanidine groups is 1. The van der Waals surface area contributed by atoms with E-state index in [2.05, 4.69) is 15.3 Å². The third-order valence-corrected chi connectivity index (χ3v) is 3.76. The lowest BCUT2D eigenvalue weighted by Crippen LogP contribution is -2.22. The normalized spacial score (nSPS) is 14.3. The molecule has 6 nitrogen and oxygen atoms in total. The molecule has 1 aromatic carbocycles. The van der Waals surface area contributed by atoms with E-state index < -0.39 is 0 Å². The van der Waals surface area contributed by atoms with Crippen LogP contribution >= 0.6 is 0 Å². The van der Waals surface area contributed by atoms with Crippen LogP contribution in [0.15, 0.2) is 47.6 Å². The van der Waals surface area contributed by atoms with E-state index in [4.69, 9.17) is 15.2 Å². The third-order valence-electron chi connectivity index (χ3n) is 3.76. The molecule has 6 heteroatoms. The highest BCUT2D eigenvalue weighted by molar-refractivity contribution is 5.92. The molecule has 1 fully saturated rings. The first-order valence-corrected chi connectivity index (χ1v) is 8.01. The number of aliphatic imine (C=N–C) groups is 1. The van der Waals surface area contributed by atoms with Crippen LogP contribution in [0.1, 0.15) is 18.4 Å². The van der Waals surface area contributed by atoms with Crippen molar-refractivity contribution in [2.24, 2.45) is 16.6 Å². The van der Waals surface area contributed by atoms with Gasteiger partial charge in [-0.2, -0.15) is 0 Å². The highest BCUT2D eigenvalue weighted by Gasteiger charge is 2.22. The zero-order valence-corrected chi connectivity index (χ0v) is 13.7. The molecule has 3 rings (SSSR count). The van der Waals surface area contributed by atoms with Crippen molar-refractivity contribution in [3.63, 3.8) is 0 Å². The Morgan fingerprint density at radius 2 is 2.08 bits per heavy atom. The van der Waals surface area contributed by atoms with Gasteiger partial charge in [-0.3, -0.25) is 0 Å². The van der Waals surface area contributed by atoms with Crippen LogP contribution in [0.5, 0.6) is 11.6 Å². The number of hydrogen-bond donors (Lipinski definition) is 2. The molecular weight excluding hydrogens is 304 g/mol. The molecule has 0 radical (unpaired) electrons. The van der Waals surface area contributed by atoms with Crippen molar-refractivity contribution in [3.05, 3.63) is 48.2 Å². The number of nitrogens with one attached hydrogen (secondary N) is 1. The SMILES string of the molecule is COc1ccc(NC(N)=NCc2ccnc(OCC3CC3)c2)cc1. The number of benzene rings is 1. The first-order chi connectivity index (χ1) is 11.7. The maximum absolute atomic E-state index is 5.93. The summed E-state index contributed by atoms with van der Waals surface area (Å²) in [6.07, 6.45) is 4.26. The van der Waals surface area contributed by atoms with Crippen molar-refractivity contribution in [2.45, 2.75) is 19.4 Å². The Morgan fingerprint density at radius 1 is 1.29 bits per heavy atom. The van der Waals surface area contributed by atoms with Gasteiger partial charge >= 0.3 is 0 Å². The minimum absolute atomic E-state index is 0.359. The standard InChI is InChI=1S/C18H22N4O2/c1-23-16-6-4-15(5-7-16)22-18(19)21-11-14-8-9-20-17(10-14)24-12-13-2-3-13/h4-10,13H,2-3,11-12H2,1H3,(H3,19,21,22). The summed E-state index contributed by atoms with van der Waals surface area (Å²) in [5, 5.41) is 3.05. The first-order valence-electron chi connectivity index (χ1n) is 8.01. The summed E-state index contributed by atoms with van der Waals surface area (Å²) in [6, 6.07) is 11.3. The summed E-state index contributed by atoms with van der Waals surface area (Å²) in [5.74, 6) is 2.51. The van der Waals surface area contributed by atoms with E-state index in [0.29, 0.717) is 24.3 Å². The third kappa shape index (κ3) is 4.87. The molecule has 0 spiro atoms. The number of aromatic nitrogens is 1. The Labute approximate surface area is 141 Å². The highest BCUT2D eigenvalue weighted by Crippen LogP contribution is 2.29. The van der Waals surface area contributed by atoms with Crippen molar-refractivity contribution in [2.75, 3.05) is 19.0 Å². The van der Waals surface area contributed by atoms with E-state index in [0.717, 1.165) is 23.6 Å².